The molecule has 0 aliphatic carbocycles. The quantitative estimate of drug-likeness (QED) is 0.878. The van der Waals surface area contributed by atoms with Crippen LogP contribution in [0.15, 0.2) is 30.5 Å². The number of aromatic amines is 1. The molecule has 1 amide bonds. The lowest BCUT2D eigenvalue weighted by molar-refractivity contribution is 0.0711. The fourth-order valence-corrected chi connectivity index (χ4v) is 2.38. The number of hydrogen-bond acceptors (Lipinski definition) is 2. The van der Waals surface area contributed by atoms with Gasteiger partial charge in [0.25, 0.3) is 5.91 Å². The minimum absolute atomic E-state index is 0.0635. The molecule has 1 fully saturated rings. The number of nitrogens with one attached hydrogen (secondary N) is 1. The molecule has 1 aromatic carbocycles. The van der Waals surface area contributed by atoms with E-state index >= 15 is 0 Å². The average Bonchev–Trinajstić information content (AvgIpc) is 3.06. The Kier molecular flexibility index (Phi) is 2.80. The van der Waals surface area contributed by atoms with E-state index in [4.69, 9.17) is 4.74 Å². The summed E-state index contributed by atoms with van der Waals surface area (Å²) >= 11 is 0. The zero-order valence-corrected chi connectivity index (χ0v) is 10.3. The highest BCUT2D eigenvalue weighted by Gasteiger charge is 2.24. The largest absolute Gasteiger partial charge is 0.379 e. The average molecular weight is 244 g/mol. The summed E-state index contributed by atoms with van der Waals surface area (Å²) in [4.78, 5) is 17.3. The number of carbonyl (C=O) groups is 1. The molecule has 0 spiro atoms. The van der Waals surface area contributed by atoms with Crippen molar-refractivity contribution in [1.29, 1.82) is 0 Å². The second kappa shape index (κ2) is 4.46. The summed E-state index contributed by atoms with van der Waals surface area (Å²) in [6, 6.07) is 7.93. The third kappa shape index (κ3) is 1.88. The van der Waals surface area contributed by atoms with Crippen molar-refractivity contribution < 1.29 is 9.53 Å². The van der Waals surface area contributed by atoms with E-state index in [-0.39, 0.29) is 11.9 Å². The van der Waals surface area contributed by atoms with Crippen LogP contribution in [0.25, 0.3) is 10.9 Å². The molecular formula is C14H16N2O2. The maximum Gasteiger partial charge on any atom is 0.253 e. The molecule has 1 saturated heterocycles. The van der Waals surface area contributed by atoms with Crippen LogP contribution in [-0.4, -0.2) is 42.1 Å². The van der Waals surface area contributed by atoms with Crippen LogP contribution in [0.2, 0.25) is 0 Å². The normalized spacial score (nSPS) is 19.3. The van der Waals surface area contributed by atoms with Crippen molar-refractivity contribution in [3.8, 4) is 0 Å². The van der Waals surface area contributed by atoms with Crippen molar-refractivity contribution in [2.24, 2.45) is 0 Å². The predicted octanol–water partition coefficient (Wildman–Crippen LogP) is 2.03. The van der Waals surface area contributed by atoms with Crippen LogP contribution in [-0.2, 0) is 4.74 Å². The lowest BCUT2D eigenvalue weighted by atomic mass is 10.1. The van der Waals surface area contributed by atoms with Crippen LogP contribution in [0, 0.1) is 0 Å². The van der Waals surface area contributed by atoms with E-state index in [9.17, 15) is 4.79 Å². The smallest absolute Gasteiger partial charge is 0.253 e. The second-order valence-corrected chi connectivity index (χ2v) is 4.71. The highest BCUT2D eigenvalue weighted by Crippen LogP contribution is 2.18. The Morgan fingerprint density at radius 1 is 1.44 bits per heavy atom. The van der Waals surface area contributed by atoms with E-state index in [1.807, 2.05) is 37.5 Å². The molecule has 1 atom stereocenters. The summed E-state index contributed by atoms with van der Waals surface area (Å²) in [6.07, 6.45) is 2.81. The number of nitrogens with zero attached hydrogens (tertiary/aromatic N) is 1. The Bertz CT molecular complexity index is 570. The Morgan fingerprint density at radius 3 is 3.11 bits per heavy atom. The molecule has 1 aliphatic rings. The molecule has 4 heteroatoms. The number of rotatable bonds is 2. The molecule has 4 nitrogen and oxygen atoms in total. The van der Waals surface area contributed by atoms with E-state index in [1.165, 1.54) is 0 Å². The van der Waals surface area contributed by atoms with E-state index in [0.717, 1.165) is 29.5 Å². The number of amides is 1. The van der Waals surface area contributed by atoms with Gasteiger partial charge in [0.05, 0.1) is 12.6 Å². The van der Waals surface area contributed by atoms with Gasteiger partial charge < -0.3 is 14.6 Å². The van der Waals surface area contributed by atoms with Gasteiger partial charge in [0, 0.05) is 36.3 Å². The molecule has 3 rings (SSSR count). The monoisotopic (exact) mass is 244 g/mol. The summed E-state index contributed by atoms with van der Waals surface area (Å²) in [5.41, 5.74) is 1.79. The predicted molar refractivity (Wildman–Crippen MR) is 69.6 cm³/mol. The van der Waals surface area contributed by atoms with Gasteiger partial charge >= 0.3 is 0 Å². The van der Waals surface area contributed by atoms with Gasteiger partial charge in [-0.2, -0.15) is 0 Å². The first-order chi connectivity index (χ1) is 8.75. The molecule has 1 aliphatic heterocycles. The van der Waals surface area contributed by atoms with Crippen molar-refractivity contribution in [3.63, 3.8) is 0 Å². The van der Waals surface area contributed by atoms with E-state index in [0.29, 0.717) is 6.61 Å². The Hall–Kier alpha value is -1.81. The first-order valence-corrected chi connectivity index (χ1v) is 6.18. The number of carbonyl (C=O) groups excluding carboxylic acids is 1. The van der Waals surface area contributed by atoms with Gasteiger partial charge in [0.2, 0.25) is 0 Å². The fraction of sp³-hybridized carbons (Fsp3) is 0.357. The van der Waals surface area contributed by atoms with Crippen LogP contribution < -0.4 is 0 Å². The zero-order chi connectivity index (χ0) is 12.5. The maximum atomic E-state index is 12.4. The minimum atomic E-state index is 0.0635. The summed E-state index contributed by atoms with van der Waals surface area (Å²) in [7, 11) is 1.85. The highest BCUT2D eigenvalue weighted by molar-refractivity contribution is 5.98. The molecule has 94 valence electrons. The third-order valence-corrected chi connectivity index (χ3v) is 3.57. The molecule has 1 aromatic heterocycles. The topological polar surface area (TPSA) is 45.3 Å². The fourth-order valence-electron chi connectivity index (χ4n) is 2.38. The van der Waals surface area contributed by atoms with E-state index < -0.39 is 0 Å². The van der Waals surface area contributed by atoms with Crippen molar-refractivity contribution in [2.45, 2.75) is 12.5 Å². The van der Waals surface area contributed by atoms with Crippen molar-refractivity contribution >= 4 is 16.8 Å². The van der Waals surface area contributed by atoms with Gasteiger partial charge in [0.1, 0.15) is 0 Å². The SMILES string of the molecule is CN(C(=O)c1ccc2[nH]ccc2c1)C1CCOC1. The van der Waals surface area contributed by atoms with Gasteiger partial charge in [0.15, 0.2) is 0 Å². The number of hydrogen-bond donors (Lipinski definition) is 1. The van der Waals surface area contributed by atoms with Crippen LogP contribution in [0.4, 0.5) is 0 Å². The molecule has 0 saturated carbocycles. The zero-order valence-electron chi connectivity index (χ0n) is 10.3. The van der Waals surface area contributed by atoms with Crippen LogP contribution in [0.5, 0.6) is 0 Å². The number of fused-ring (bicyclic) bond motifs is 1. The molecule has 1 unspecified atom stereocenters. The first kappa shape index (κ1) is 11.3. The van der Waals surface area contributed by atoms with Gasteiger partial charge in [-0.15, -0.1) is 0 Å². The number of ether oxygens (including phenoxy) is 1. The number of aromatic nitrogens is 1. The van der Waals surface area contributed by atoms with Gasteiger partial charge in [-0.05, 0) is 30.7 Å². The lowest BCUT2D eigenvalue weighted by Crippen LogP contribution is -2.37. The Balaban J connectivity index is 1.86. The number of H-pyrrole nitrogens is 1. The van der Waals surface area contributed by atoms with Crippen LogP contribution in [0.3, 0.4) is 0 Å². The summed E-state index contributed by atoms with van der Waals surface area (Å²) in [6.45, 7) is 1.40. The summed E-state index contributed by atoms with van der Waals surface area (Å²) < 4.78 is 5.32. The van der Waals surface area contributed by atoms with Crippen LogP contribution >= 0.6 is 0 Å². The lowest BCUT2D eigenvalue weighted by Gasteiger charge is -2.23. The molecule has 1 N–H and O–H groups in total. The summed E-state index contributed by atoms with van der Waals surface area (Å²) in [5.74, 6) is 0.0635. The van der Waals surface area contributed by atoms with Gasteiger partial charge in [-0.3, -0.25) is 4.79 Å². The Morgan fingerprint density at radius 2 is 2.33 bits per heavy atom. The van der Waals surface area contributed by atoms with E-state index in [1.54, 1.807) is 4.90 Å². The van der Waals surface area contributed by atoms with Crippen molar-refractivity contribution in [2.75, 3.05) is 20.3 Å². The molecule has 0 bridgehead atoms. The molecule has 0 radical (unpaired) electrons. The molecule has 2 heterocycles. The first-order valence-electron chi connectivity index (χ1n) is 6.18. The summed E-state index contributed by atoms with van der Waals surface area (Å²) in [5, 5.41) is 1.07. The van der Waals surface area contributed by atoms with Crippen molar-refractivity contribution in [1.82, 2.24) is 9.88 Å². The minimum Gasteiger partial charge on any atom is -0.379 e. The maximum absolute atomic E-state index is 12.4. The van der Waals surface area contributed by atoms with Gasteiger partial charge in [-0.1, -0.05) is 0 Å². The molecule has 18 heavy (non-hydrogen) atoms. The van der Waals surface area contributed by atoms with Crippen molar-refractivity contribution in [3.05, 3.63) is 36.0 Å². The number of benzene rings is 1. The van der Waals surface area contributed by atoms with Crippen LogP contribution in [0.1, 0.15) is 16.8 Å². The standard InChI is InChI=1S/C14H16N2O2/c1-16(12-5-7-18-9-12)14(17)11-2-3-13-10(8-11)4-6-15-13/h2-4,6,8,12,15H,5,7,9H2,1H3. The highest BCUT2D eigenvalue weighted by atomic mass is 16.5. The van der Waals surface area contributed by atoms with E-state index in [2.05, 4.69) is 4.98 Å². The number of likely N-dealkylation sites (N-methyl/N-ethyl adjacent to an activating group) is 1. The molecule has 2 aromatic rings. The van der Waals surface area contributed by atoms with Gasteiger partial charge in [-0.25, -0.2) is 0 Å². The second-order valence-electron chi connectivity index (χ2n) is 4.71. The Labute approximate surface area is 106 Å². The molecular weight excluding hydrogens is 228 g/mol. The third-order valence-electron chi connectivity index (χ3n) is 3.57.